The van der Waals surface area contributed by atoms with Gasteiger partial charge in [0.2, 0.25) is 0 Å². The van der Waals surface area contributed by atoms with Crippen LogP contribution in [0.5, 0.6) is 5.88 Å². The second-order valence-electron chi connectivity index (χ2n) is 10.8. The Kier molecular flexibility index (Phi) is 8.67. The number of hydrogen-bond donors (Lipinski definition) is 0. The Balaban J connectivity index is 1.17. The third-order valence-corrected chi connectivity index (χ3v) is 8.08. The topological polar surface area (TPSA) is 88.4 Å². The second-order valence-corrected chi connectivity index (χ2v) is 11.2. The van der Waals surface area contributed by atoms with E-state index in [0.717, 1.165) is 55.6 Å². The number of rotatable bonds is 10. The minimum atomic E-state index is -0.610. The number of ether oxygens (including phenoxy) is 3. The van der Waals surface area contributed by atoms with Crippen LogP contribution in [-0.4, -0.2) is 44.8 Å². The smallest absolute Gasteiger partial charge is 0.357 e. The van der Waals surface area contributed by atoms with Gasteiger partial charge in [-0.15, -0.1) is 0 Å². The highest BCUT2D eigenvalue weighted by atomic mass is 35.5. The summed E-state index contributed by atoms with van der Waals surface area (Å²) in [5.74, 6) is -0.517. The average Bonchev–Trinajstić information content (AvgIpc) is 3.31. The number of pyridine rings is 2. The molecule has 1 aromatic carbocycles. The van der Waals surface area contributed by atoms with E-state index in [9.17, 15) is 13.6 Å². The van der Waals surface area contributed by atoms with Crippen LogP contribution in [0.25, 0.3) is 16.7 Å². The fraction of sp³-hybridized carbons (Fsp3) is 0.375. The summed E-state index contributed by atoms with van der Waals surface area (Å²) in [6, 6.07) is 10.7. The number of imidazole rings is 1. The molecule has 4 aromatic rings. The van der Waals surface area contributed by atoms with Gasteiger partial charge in [0.25, 0.3) is 5.88 Å². The molecule has 1 aliphatic heterocycles. The molecule has 0 radical (unpaired) electrons. The van der Waals surface area contributed by atoms with E-state index in [1.165, 1.54) is 18.2 Å². The first-order valence-corrected chi connectivity index (χ1v) is 14.8. The largest absolute Gasteiger partial charge is 0.471 e. The van der Waals surface area contributed by atoms with Crippen molar-refractivity contribution < 1.29 is 27.8 Å². The van der Waals surface area contributed by atoms with Crippen molar-refractivity contribution in [3.05, 3.63) is 88.0 Å². The van der Waals surface area contributed by atoms with Crippen LogP contribution in [-0.2, 0) is 29.0 Å². The Morgan fingerprint density at radius 2 is 1.95 bits per heavy atom. The summed E-state index contributed by atoms with van der Waals surface area (Å²) in [6.07, 6.45) is 6.38. The van der Waals surface area contributed by atoms with E-state index in [-0.39, 0.29) is 41.5 Å². The Bertz CT molecular complexity index is 1690. The lowest BCUT2D eigenvalue weighted by molar-refractivity contribution is -0.0591. The summed E-state index contributed by atoms with van der Waals surface area (Å²) in [7, 11) is 0. The number of hydrogen-bond acceptors (Lipinski definition) is 7. The molecule has 4 heterocycles. The van der Waals surface area contributed by atoms with Crippen molar-refractivity contribution in [3.63, 3.8) is 0 Å². The van der Waals surface area contributed by atoms with E-state index in [1.54, 1.807) is 25.1 Å². The zero-order chi connectivity index (χ0) is 29.9. The van der Waals surface area contributed by atoms with Gasteiger partial charge in [-0.1, -0.05) is 23.7 Å². The van der Waals surface area contributed by atoms with Gasteiger partial charge in [0.05, 0.1) is 24.9 Å². The van der Waals surface area contributed by atoms with E-state index >= 15 is 0 Å². The van der Waals surface area contributed by atoms with Gasteiger partial charge in [0.1, 0.15) is 23.8 Å². The molecule has 0 amide bonds. The molecule has 1 saturated heterocycles. The van der Waals surface area contributed by atoms with Crippen molar-refractivity contribution in [1.29, 1.82) is 0 Å². The number of esters is 1. The zero-order valence-corrected chi connectivity index (χ0v) is 24.4. The first-order valence-electron chi connectivity index (χ1n) is 14.5. The van der Waals surface area contributed by atoms with Crippen LogP contribution in [0.15, 0.2) is 48.5 Å². The van der Waals surface area contributed by atoms with Crippen molar-refractivity contribution in [2.24, 2.45) is 5.92 Å². The molecule has 43 heavy (non-hydrogen) atoms. The Hall–Kier alpha value is -3.89. The fourth-order valence-corrected chi connectivity index (χ4v) is 5.56. The van der Waals surface area contributed by atoms with Gasteiger partial charge in [-0.05, 0) is 80.5 Å². The number of halogens is 3. The highest BCUT2D eigenvalue weighted by Crippen LogP contribution is 2.33. The maximum atomic E-state index is 14.5. The number of benzene rings is 1. The number of allylic oxidation sites excluding steroid dienone is 2. The van der Waals surface area contributed by atoms with E-state index < -0.39 is 17.6 Å². The van der Waals surface area contributed by atoms with Crippen LogP contribution in [0.2, 0.25) is 5.02 Å². The van der Waals surface area contributed by atoms with Gasteiger partial charge < -0.3 is 18.8 Å². The molecule has 1 unspecified atom stereocenters. The fourth-order valence-electron chi connectivity index (χ4n) is 5.40. The van der Waals surface area contributed by atoms with Crippen molar-refractivity contribution in [1.82, 2.24) is 19.5 Å². The van der Waals surface area contributed by atoms with E-state index in [4.69, 9.17) is 30.8 Å². The van der Waals surface area contributed by atoms with Crippen LogP contribution in [0.4, 0.5) is 8.78 Å². The highest BCUT2D eigenvalue weighted by Gasteiger charge is 2.26. The Morgan fingerprint density at radius 3 is 2.67 bits per heavy atom. The predicted octanol–water partition coefficient (Wildman–Crippen LogP) is 6.73. The van der Waals surface area contributed by atoms with Crippen LogP contribution >= 0.6 is 11.6 Å². The monoisotopic (exact) mass is 608 g/mol. The maximum Gasteiger partial charge on any atom is 0.357 e. The number of carbonyl (C=O) groups is 1. The molecule has 2 aliphatic rings. The van der Waals surface area contributed by atoms with Gasteiger partial charge in [0.15, 0.2) is 17.2 Å². The van der Waals surface area contributed by atoms with Crippen LogP contribution in [0, 0.1) is 17.6 Å². The predicted molar refractivity (Wildman–Crippen MR) is 157 cm³/mol. The second kappa shape index (κ2) is 12.8. The Morgan fingerprint density at radius 1 is 1.09 bits per heavy atom. The summed E-state index contributed by atoms with van der Waals surface area (Å²) in [6.45, 7) is 3.25. The van der Waals surface area contributed by atoms with Crippen LogP contribution in [0.1, 0.15) is 60.2 Å². The maximum absolute atomic E-state index is 14.5. The molecule has 224 valence electrons. The number of carbonyl (C=O) groups excluding carboxylic acids is 1. The third kappa shape index (κ3) is 6.55. The molecule has 6 rings (SSSR count). The summed E-state index contributed by atoms with van der Waals surface area (Å²) < 4.78 is 47.1. The minimum absolute atomic E-state index is 0.0965. The number of aromatic nitrogens is 4. The molecular weight excluding hydrogens is 578 g/mol. The molecule has 2 atom stereocenters. The summed E-state index contributed by atoms with van der Waals surface area (Å²) >= 11 is 5.81. The first kappa shape index (κ1) is 29.2. The quantitative estimate of drug-likeness (QED) is 0.184. The first-order chi connectivity index (χ1) is 20.9. The molecule has 0 saturated carbocycles. The van der Waals surface area contributed by atoms with E-state index in [0.29, 0.717) is 23.8 Å². The van der Waals surface area contributed by atoms with E-state index in [1.807, 2.05) is 6.07 Å². The van der Waals surface area contributed by atoms with Gasteiger partial charge >= 0.3 is 5.97 Å². The van der Waals surface area contributed by atoms with Crippen LogP contribution in [0.3, 0.4) is 0 Å². The van der Waals surface area contributed by atoms with Gasteiger partial charge in [-0.2, -0.15) is 0 Å². The standard InChI is InChI=1S/C32H31ClF2N4O4/c1-2-41-32(40)28-12-11-27-30(37-28)39(17-23-13-14-42-23)29(36-27)15-19-3-5-20(6-4-19)26-10-9-24(34)31(38-26)43-18-21-7-8-22(33)16-25(21)35/h5,7-12,16,19,23H,2-4,6,13-15,17-18H2,1H3/t19?,23-/m0/s1. The average molecular weight is 609 g/mol. The van der Waals surface area contributed by atoms with Gasteiger partial charge in [-0.25, -0.2) is 28.5 Å². The zero-order valence-electron chi connectivity index (χ0n) is 23.7. The molecule has 1 aliphatic carbocycles. The Labute approximate surface area is 252 Å². The lowest BCUT2D eigenvalue weighted by atomic mass is 9.86. The normalized spacial score (nSPS) is 18.3. The summed E-state index contributed by atoms with van der Waals surface area (Å²) in [5, 5.41) is 0.277. The van der Waals surface area contributed by atoms with Crippen molar-refractivity contribution in [2.45, 2.75) is 58.3 Å². The van der Waals surface area contributed by atoms with Gasteiger partial charge in [-0.3, -0.25) is 0 Å². The molecule has 0 spiro atoms. The highest BCUT2D eigenvalue weighted by molar-refractivity contribution is 6.30. The number of fused-ring (bicyclic) bond motifs is 1. The molecule has 0 bridgehead atoms. The summed E-state index contributed by atoms with van der Waals surface area (Å²) in [5.41, 5.74) is 3.56. The summed E-state index contributed by atoms with van der Waals surface area (Å²) in [4.78, 5) is 26.2. The minimum Gasteiger partial charge on any atom is -0.471 e. The van der Waals surface area contributed by atoms with Crippen molar-refractivity contribution in [2.75, 3.05) is 13.2 Å². The molecule has 8 nitrogen and oxygen atoms in total. The van der Waals surface area contributed by atoms with E-state index in [2.05, 4.69) is 20.6 Å². The molecule has 0 N–H and O–H groups in total. The number of nitrogens with zero attached hydrogens (tertiary/aromatic N) is 4. The van der Waals surface area contributed by atoms with Crippen molar-refractivity contribution >= 4 is 34.3 Å². The van der Waals surface area contributed by atoms with Crippen LogP contribution < -0.4 is 4.74 Å². The molecule has 3 aromatic heterocycles. The van der Waals surface area contributed by atoms with Gasteiger partial charge in [0, 0.05) is 23.6 Å². The lowest BCUT2D eigenvalue weighted by Crippen LogP contribution is -2.32. The molecular formula is C32H31ClF2N4O4. The third-order valence-electron chi connectivity index (χ3n) is 7.85. The molecule has 1 fully saturated rings. The van der Waals surface area contributed by atoms with Crippen molar-refractivity contribution in [3.8, 4) is 5.88 Å². The lowest BCUT2D eigenvalue weighted by Gasteiger charge is -2.28. The molecule has 11 heteroatoms. The SMILES string of the molecule is CCOC(=O)c1ccc2nc(CC3CC=C(c4ccc(F)c(OCc5ccc(Cl)cc5F)n4)CC3)n(C[C@@H]3CCO3)c2n1.